The Morgan fingerprint density at radius 3 is 2.94 bits per heavy atom. The van der Waals surface area contributed by atoms with Crippen LogP contribution in [0.1, 0.15) is 5.56 Å². The van der Waals surface area contributed by atoms with Gasteiger partial charge in [0.25, 0.3) is 0 Å². The number of benzene rings is 1. The Bertz CT molecular complexity index is 589. The molecule has 0 unspecified atom stereocenters. The molecule has 0 saturated heterocycles. The van der Waals surface area contributed by atoms with Crippen LogP contribution in [0.5, 0.6) is 0 Å². The summed E-state index contributed by atoms with van der Waals surface area (Å²) < 4.78 is 13.3. The van der Waals surface area contributed by atoms with Gasteiger partial charge in [0.15, 0.2) is 0 Å². The van der Waals surface area contributed by atoms with Gasteiger partial charge < -0.3 is 10.1 Å². The molecular formula is C11H7ClFNO2. The van der Waals surface area contributed by atoms with Crippen LogP contribution in [0.15, 0.2) is 24.3 Å². The van der Waals surface area contributed by atoms with Crippen LogP contribution in [0.4, 0.5) is 4.39 Å². The van der Waals surface area contributed by atoms with Gasteiger partial charge in [0.2, 0.25) is 0 Å². The molecule has 1 aromatic heterocycles. The van der Waals surface area contributed by atoms with Crippen LogP contribution in [0, 0.1) is 5.82 Å². The molecule has 1 heterocycles. The van der Waals surface area contributed by atoms with Gasteiger partial charge in [-0.2, -0.15) is 0 Å². The van der Waals surface area contributed by atoms with E-state index in [0.717, 1.165) is 6.08 Å². The lowest BCUT2D eigenvalue weighted by molar-refractivity contribution is -0.131. The Hall–Kier alpha value is -1.81. The number of para-hydroxylation sites is 1. The predicted molar refractivity (Wildman–Crippen MR) is 59.9 cm³/mol. The van der Waals surface area contributed by atoms with Crippen LogP contribution in [-0.2, 0) is 4.79 Å². The van der Waals surface area contributed by atoms with E-state index in [0.29, 0.717) is 10.9 Å². The van der Waals surface area contributed by atoms with Crippen molar-refractivity contribution in [1.82, 2.24) is 4.98 Å². The van der Waals surface area contributed by atoms with E-state index >= 15 is 0 Å². The van der Waals surface area contributed by atoms with E-state index in [1.54, 1.807) is 12.1 Å². The zero-order valence-corrected chi connectivity index (χ0v) is 8.75. The number of rotatable bonds is 2. The number of nitrogens with one attached hydrogen (secondary N) is 1. The van der Waals surface area contributed by atoms with Crippen molar-refractivity contribution >= 4 is 34.5 Å². The Balaban J connectivity index is 2.65. The zero-order valence-electron chi connectivity index (χ0n) is 8.00. The van der Waals surface area contributed by atoms with E-state index in [4.69, 9.17) is 16.7 Å². The number of hydrogen-bond acceptors (Lipinski definition) is 1. The Labute approximate surface area is 95.2 Å². The third-order valence-electron chi connectivity index (χ3n) is 2.17. The third-order valence-corrected chi connectivity index (χ3v) is 2.47. The summed E-state index contributed by atoms with van der Waals surface area (Å²) in [5.74, 6) is -1.50. The molecule has 0 aliphatic rings. The Kier molecular flexibility index (Phi) is 2.66. The first-order valence-electron chi connectivity index (χ1n) is 4.46. The molecule has 0 radical (unpaired) electrons. The molecular weight excluding hydrogens is 233 g/mol. The number of aromatic nitrogens is 1. The second-order valence-electron chi connectivity index (χ2n) is 3.19. The standard InChI is InChI=1S/C11H7ClFNO2/c12-11-7(4-5-9(15)16)6-2-1-3-8(13)10(6)14-11/h1-5,14H,(H,15,16)/b5-4+. The smallest absolute Gasteiger partial charge is 0.328 e. The van der Waals surface area contributed by atoms with Crippen LogP contribution in [-0.4, -0.2) is 16.1 Å². The molecule has 0 fully saturated rings. The zero-order chi connectivity index (χ0) is 11.7. The number of carboxylic acids is 1. The van der Waals surface area contributed by atoms with Crippen LogP contribution in [0.2, 0.25) is 5.15 Å². The SMILES string of the molecule is O=C(O)/C=C/c1c(Cl)[nH]c2c(F)cccc12. The van der Waals surface area contributed by atoms with E-state index in [1.807, 2.05) is 0 Å². The first-order chi connectivity index (χ1) is 7.59. The number of hydrogen-bond donors (Lipinski definition) is 2. The van der Waals surface area contributed by atoms with E-state index in [2.05, 4.69) is 4.98 Å². The summed E-state index contributed by atoms with van der Waals surface area (Å²) in [7, 11) is 0. The molecule has 0 saturated carbocycles. The lowest BCUT2D eigenvalue weighted by Gasteiger charge is -1.92. The van der Waals surface area contributed by atoms with Gasteiger partial charge in [0, 0.05) is 17.0 Å². The van der Waals surface area contributed by atoms with Crippen molar-refractivity contribution in [3.05, 3.63) is 40.8 Å². The van der Waals surface area contributed by atoms with Gasteiger partial charge in [-0.25, -0.2) is 9.18 Å². The number of aliphatic carboxylic acids is 1. The molecule has 2 rings (SSSR count). The summed E-state index contributed by atoms with van der Waals surface area (Å²) in [5, 5.41) is 9.29. The molecule has 5 heteroatoms. The quantitative estimate of drug-likeness (QED) is 0.792. The summed E-state index contributed by atoms with van der Waals surface area (Å²) in [6.07, 6.45) is 2.29. The second kappa shape index (κ2) is 3.98. The van der Waals surface area contributed by atoms with E-state index < -0.39 is 11.8 Å². The fraction of sp³-hybridized carbons (Fsp3) is 0. The number of halogens is 2. The summed E-state index contributed by atoms with van der Waals surface area (Å²) in [4.78, 5) is 13.1. The number of aromatic amines is 1. The number of carbonyl (C=O) groups is 1. The summed E-state index contributed by atoms with van der Waals surface area (Å²) >= 11 is 5.86. The summed E-state index contributed by atoms with van der Waals surface area (Å²) in [5.41, 5.74) is 0.746. The number of carboxylic acid groups (broad SMARTS) is 1. The minimum atomic E-state index is -1.08. The highest BCUT2D eigenvalue weighted by atomic mass is 35.5. The van der Waals surface area contributed by atoms with Crippen molar-refractivity contribution < 1.29 is 14.3 Å². The predicted octanol–water partition coefficient (Wildman–Crippen LogP) is 3.06. The van der Waals surface area contributed by atoms with Gasteiger partial charge in [-0.3, -0.25) is 0 Å². The molecule has 16 heavy (non-hydrogen) atoms. The van der Waals surface area contributed by atoms with E-state index in [9.17, 15) is 9.18 Å². The Morgan fingerprint density at radius 2 is 2.25 bits per heavy atom. The first kappa shape index (κ1) is 10.7. The minimum Gasteiger partial charge on any atom is -0.478 e. The van der Waals surface area contributed by atoms with Crippen molar-refractivity contribution in [1.29, 1.82) is 0 Å². The maximum absolute atomic E-state index is 13.3. The van der Waals surface area contributed by atoms with Crippen molar-refractivity contribution in [2.75, 3.05) is 0 Å². The summed E-state index contributed by atoms with van der Waals surface area (Å²) in [6, 6.07) is 4.52. The van der Waals surface area contributed by atoms with Crippen molar-refractivity contribution in [3.8, 4) is 0 Å². The maximum Gasteiger partial charge on any atom is 0.328 e. The lowest BCUT2D eigenvalue weighted by atomic mass is 10.1. The van der Waals surface area contributed by atoms with Gasteiger partial charge in [-0.15, -0.1) is 0 Å². The average Bonchev–Trinajstić information content (AvgIpc) is 2.53. The normalized spacial score (nSPS) is 11.4. The van der Waals surface area contributed by atoms with E-state index in [1.165, 1.54) is 12.1 Å². The van der Waals surface area contributed by atoms with Crippen molar-refractivity contribution in [3.63, 3.8) is 0 Å². The molecule has 3 nitrogen and oxygen atoms in total. The molecule has 0 aliphatic heterocycles. The highest BCUT2D eigenvalue weighted by molar-refractivity contribution is 6.32. The molecule has 2 aromatic rings. The van der Waals surface area contributed by atoms with Crippen LogP contribution in [0.3, 0.4) is 0 Å². The molecule has 0 atom stereocenters. The minimum absolute atomic E-state index is 0.220. The van der Waals surface area contributed by atoms with Gasteiger partial charge >= 0.3 is 5.97 Å². The van der Waals surface area contributed by atoms with Gasteiger partial charge in [-0.05, 0) is 12.1 Å². The van der Waals surface area contributed by atoms with Crippen molar-refractivity contribution in [2.24, 2.45) is 0 Å². The molecule has 82 valence electrons. The average molecular weight is 240 g/mol. The molecule has 0 spiro atoms. The van der Waals surface area contributed by atoms with Crippen LogP contribution < -0.4 is 0 Å². The van der Waals surface area contributed by atoms with Crippen LogP contribution in [0.25, 0.3) is 17.0 Å². The maximum atomic E-state index is 13.3. The number of fused-ring (bicyclic) bond motifs is 1. The highest BCUT2D eigenvalue weighted by Crippen LogP contribution is 2.28. The fourth-order valence-electron chi connectivity index (χ4n) is 1.49. The molecule has 0 amide bonds. The molecule has 1 aromatic carbocycles. The van der Waals surface area contributed by atoms with Crippen molar-refractivity contribution in [2.45, 2.75) is 0 Å². The third kappa shape index (κ3) is 1.79. The monoisotopic (exact) mass is 239 g/mol. The lowest BCUT2D eigenvalue weighted by Crippen LogP contribution is -1.85. The largest absolute Gasteiger partial charge is 0.478 e. The second-order valence-corrected chi connectivity index (χ2v) is 3.56. The summed E-state index contributed by atoms with van der Waals surface area (Å²) in [6.45, 7) is 0. The van der Waals surface area contributed by atoms with Crippen LogP contribution >= 0.6 is 11.6 Å². The molecule has 2 N–H and O–H groups in total. The number of H-pyrrole nitrogens is 1. The topological polar surface area (TPSA) is 53.1 Å². The Morgan fingerprint density at radius 1 is 1.50 bits per heavy atom. The highest BCUT2D eigenvalue weighted by Gasteiger charge is 2.10. The molecule has 0 bridgehead atoms. The fourth-order valence-corrected chi connectivity index (χ4v) is 1.75. The van der Waals surface area contributed by atoms with Gasteiger partial charge in [0.05, 0.1) is 5.52 Å². The van der Waals surface area contributed by atoms with Gasteiger partial charge in [-0.1, -0.05) is 23.7 Å². The molecule has 0 aliphatic carbocycles. The first-order valence-corrected chi connectivity index (χ1v) is 4.84. The van der Waals surface area contributed by atoms with Gasteiger partial charge in [0.1, 0.15) is 11.0 Å². The van der Waals surface area contributed by atoms with E-state index in [-0.39, 0.29) is 10.7 Å².